The molecule has 0 fully saturated rings. The van der Waals surface area contributed by atoms with Gasteiger partial charge in [0.25, 0.3) is 0 Å². The van der Waals surface area contributed by atoms with Gasteiger partial charge in [-0.3, -0.25) is 0 Å². The first-order valence-corrected chi connectivity index (χ1v) is 10.8. The van der Waals surface area contributed by atoms with Gasteiger partial charge in [0, 0.05) is 16.5 Å². The van der Waals surface area contributed by atoms with Crippen molar-refractivity contribution < 1.29 is 0 Å². The van der Waals surface area contributed by atoms with Crippen molar-refractivity contribution in [2.45, 2.75) is 0 Å². The lowest BCUT2D eigenvalue weighted by atomic mass is 9.94. The van der Waals surface area contributed by atoms with Gasteiger partial charge in [0.1, 0.15) is 7.85 Å². The van der Waals surface area contributed by atoms with Gasteiger partial charge in [-0.2, -0.15) is 0 Å². The number of hydrogen-bond donors (Lipinski definition) is 0. The van der Waals surface area contributed by atoms with Crippen molar-refractivity contribution >= 4 is 35.1 Å². The highest BCUT2D eigenvalue weighted by atomic mass is 15.0. The van der Waals surface area contributed by atoms with Crippen LogP contribution in [0.25, 0.3) is 49.7 Å². The number of nitrogens with zero attached hydrogens (tertiary/aromatic N) is 1. The number of aromatic nitrogens is 1. The molecule has 6 rings (SSSR count). The zero-order chi connectivity index (χ0) is 21.5. The van der Waals surface area contributed by atoms with Gasteiger partial charge in [-0.05, 0) is 52.6 Å². The molecule has 0 atom stereocenters. The van der Waals surface area contributed by atoms with E-state index < -0.39 is 0 Å². The van der Waals surface area contributed by atoms with Crippen molar-refractivity contribution in [2.75, 3.05) is 0 Å². The summed E-state index contributed by atoms with van der Waals surface area (Å²) < 4.78 is 2.34. The summed E-state index contributed by atoms with van der Waals surface area (Å²) in [5.74, 6) is 0. The molecule has 0 N–H and O–H groups in total. The van der Waals surface area contributed by atoms with Crippen molar-refractivity contribution in [2.24, 2.45) is 0 Å². The van der Waals surface area contributed by atoms with Crippen LogP contribution in [0.15, 0.2) is 121 Å². The molecular formula is C30H20BN. The van der Waals surface area contributed by atoms with Crippen LogP contribution in [0.2, 0.25) is 0 Å². The van der Waals surface area contributed by atoms with E-state index in [9.17, 15) is 0 Å². The maximum atomic E-state index is 6.20. The van der Waals surface area contributed by atoms with Gasteiger partial charge < -0.3 is 4.57 Å². The van der Waals surface area contributed by atoms with Crippen LogP contribution in [0, 0.1) is 0 Å². The summed E-state index contributed by atoms with van der Waals surface area (Å²) in [4.78, 5) is 0. The molecular weight excluding hydrogens is 385 g/mol. The zero-order valence-electron chi connectivity index (χ0n) is 17.6. The van der Waals surface area contributed by atoms with Gasteiger partial charge >= 0.3 is 0 Å². The summed E-state index contributed by atoms with van der Waals surface area (Å²) >= 11 is 0. The minimum absolute atomic E-state index is 0.778. The lowest BCUT2D eigenvalue weighted by Gasteiger charge is -2.11. The van der Waals surface area contributed by atoms with E-state index >= 15 is 0 Å². The van der Waals surface area contributed by atoms with Gasteiger partial charge in [-0.15, -0.1) is 0 Å². The molecule has 0 amide bonds. The Bertz CT molecular complexity index is 1560. The highest BCUT2D eigenvalue weighted by molar-refractivity contribution is 6.34. The third kappa shape index (κ3) is 3.12. The van der Waals surface area contributed by atoms with Crippen molar-refractivity contribution in [1.82, 2.24) is 4.57 Å². The molecule has 0 unspecified atom stereocenters. The fraction of sp³-hybridized carbons (Fsp3) is 0. The molecule has 6 aromatic rings. The summed E-state index contributed by atoms with van der Waals surface area (Å²) in [5.41, 5.74) is 9.09. The largest absolute Gasteiger partial charge is 0.309 e. The maximum absolute atomic E-state index is 6.20. The molecule has 1 nitrogen and oxygen atoms in total. The van der Waals surface area contributed by atoms with Crippen LogP contribution in [0.3, 0.4) is 0 Å². The summed E-state index contributed by atoms with van der Waals surface area (Å²) in [7, 11) is 6.20. The van der Waals surface area contributed by atoms with Crippen LogP contribution in [-0.2, 0) is 0 Å². The topological polar surface area (TPSA) is 4.93 Å². The second-order valence-corrected chi connectivity index (χ2v) is 8.13. The molecule has 0 saturated carbocycles. The first kappa shape index (κ1) is 18.7. The van der Waals surface area contributed by atoms with Crippen LogP contribution in [0.1, 0.15) is 0 Å². The van der Waals surface area contributed by atoms with E-state index in [0.717, 1.165) is 16.7 Å². The lowest BCUT2D eigenvalue weighted by Crippen LogP contribution is -2.00. The van der Waals surface area contributed by atoms with E-state index in [1.807, 2.05) is 12.1 Å². The van der Waals surface area contributed by atoms with Crippen molar-refractivity contribution in [1.29, 1.82) is 0 Å². The highest BCUT2D eigenvalue weighted by Crippen LogP contribution is 2.35. The zero-order valence-corrected chi connectivity index (χ0v) is 17.6. The molecule has 0 aliphatic heterocycles. The lowest BCUT2D eigenvalue weighted by molar-refractivity contribution is 1.18. The smallest absolute Gasteiger partial charge is 0.113 e. The van der Waals surface area contributed by atoms with Gasteiger partial charge in [0.15, 0.2) is 0 Å². The predicted octanol–water partition coefficient (Wildman–Crippen LogP) is 6.91. The SMILES string of the molecule is [B]c1ccc2c(c1)c1cc(-c3ccccc3)ccc1n2-c1cccc(-c2ccccc2)c1. The van der Waals surface area contributed by atoms with E-state index in [2.05, 4.69) is 114 Å². The average molecular weight is 405 g/mol. The number of hydrogen-bond acceptors (Lipinski definition) is 0. The summed E-state index contributed by atoms with van der Waals surface area (Å²) in [6.45, 7) is 0. The standard InChI is InChI=1S/C30H20BN/c31-25-15-17-30-28(20-25)27-19-24(22-10-5-2-6-11-22)14-16-29(27)32(30)26-13-7-12-23(18-26)21-8-3-1-4-9-21/h1-20H. The molecule has 2 radical (unpaired) electrons. The summed E-state index contributed by atoms with van der Waals surface area (Å²) in [6, 6.07) is 42.7. The quantitative estimate of drug-likeness (QED) is 0.282. The molecule has 32 heavy (non-hydrogen) atoms. The van der Waals surface area contributed by atoms with Crippen LogP contribution in [-0.4, -0.2) is 12.4 Å². The van der Waals surface area contributed by atoms with Crippen molar-refractivity contribution in [3.63, 3.8) is 0 Å². The second-order valence-electron chi connectivity index (χ2n) is 8.13. The van der Waals surface area contributed by atoms with Gasteiger partial charge in [-0.1, -0.05) is 96.5 Å². The minimum atomic E-state index is 0.778. The Morgan fingerprint density at radius 2 is 1.00 bits per heavy atom. The Morgan fingerprint density at radius 1 is 0.438 bits per heavy atom. The third-order valence-electron chi connectivity index (χ3n) is 6.11. The highest BCUT2D eigenvalue weighted by Gasteiger charge is 2.14. The molecule has 5 aromatic carbocycles. The van der Waals surface area contributed by atoms with Crippen LogP contribution in [0.4, 0.5) is 0 Å². The average Bonchev–Trinajstić information content (AvgIpc) is 3.18. The molecule has 0 spiro atoms. The van der Waals surface area contributed by atoms with E-state index in [1.54, 1.807) is 0 Å². The van der Waals surface area contributed by atoms with E-state index in [1.165, 1.54) is 38.5 Å². The summed E-state index contributed by atoms with van der Waals surface area (Å²) in [5, 5.41) is 2.38. The van der Waals surface area contributed by atoms with Crippen LogP contribution >= 0.6 is 0 Å². The Balaban J connectivity index is 1.62. The molecule has 0 aliphatic carbocycles. The molecule has 0 saturated heterocycles. The molecule has 0 aliphatic rings. The molecule has 2 heteroatoms. The number of rotatable bonds is 3. The van der Waals surface area contributed by atoms with Crippen LogP contribution in [0.5, 0.6) is 0 Å². The number of fused-ring (bicyclic) bond motifs is 3. The van der Waals surface area contributed by atoms with E-state index in [0.29, 0.717) is 0 Å². The van der Waals surface area contributed by atoms with E-state index in [4.69, 9.17) is 7.85 Å². The first-order valence-electron chi connectivity index (χ1n) is 10.8. The Morgan fingerprint density at radius 3 is 1.69 bits per heavy atom. The first-order chi connectivity index (χ1) is 15.8. The predicted molar refractivity (Wildman–Crippen MR) is 137 cm³/mol. The van der Waals surface area contributed by atoms with Gasteiger partial charge in [-0.25, -0.2) is 0 Å². The minimum Gasteiger partial charge on any atom is -0.309 e. The fourth-order valence-corrected chi connectivity index (χ4v) is 4.58. The molecule has 0 bridgehead atoms. The second kappa shape index (κ2) is 7.58. The maximum Gasteiger partial charge on any atom is 0.113 e. The number of benzene rings is 5. The molecule has 148 valence electrons. The Labute approximate surface area is 189 Å². The van der Waals surface area contributed by atoms with Gasteiger partial charge in [0.05, 0.1) is 11.0 Å². The summed E-state index contributed by atoms with van der Waals surface area (Å²) in [6.07, 6.45) is 0. The Kier molecular flexibility index (Phi) is 4.43. The van der Waals surface area contributed by atoms with Gasteiger partial charge in [0.2, 0.25) is 0 Å². The van der Waals surface area contributed by atoms with Crippen LogP contribution < -0.4 is 5.46 Å². The Hall–Kier alpha value is -4.04. The van der Waals surface area contributed by atoms with Crippen molar-refractivity contribution in [3.8, 4) is 27.9 Å². The molecule has 1 heterocycles. The van der Waals surface area contributed by atoms with Crippen molar-refractivity contribution in [3.05, 3.63) is 121 Å². The third-order valence-corrected chi connectivity index (χ3v) is 6.11. The van der Waals surface area contributed by atoms with E-state index in [-0.39, 0.29) is 0 Å². The fourth-order valence-electron chi connectivity index (χ4n) is 4.58. The normalized spacial score (nSPS) is 11.2. The molecule has 1 aromatic heterocycles. The monoisotopic (exact) mass is 405 g/mol.